The molecule has 0 spiro atoms. The van der Waals surface area contributed by atoms with E-state index in [9.17, 15) is 4.79 Å². The molecule has 2 N–H and O–H groups in total. The Hall–Kier alpha value is -0.610. The first-order chi connectivity index (χ1) is 5.75. The van der Waals surface area contributed by atoms with Gasteiger partial charge in [0.15, 0.2) is 0 Å². The van der Waals surface area contributed by atoms with E-state index in [0.29, 0.717) is 12.1 Å². The molecule has 68 valence electrons. The van der Waals surface area contributed by atoms with Crippen molar-refractivity contribution in [1.29, 1.82) is 0 Å². The molecule has 2 heterocycles. The highest BCUT2D eigenvalue weighted by atomic mass is 16.4. The summed E-state index contributed by atoms with van der Waals surface area (Å²) >= 11 is 0. The first-order valence-corrected chi connectivity index (χ1v) is 4.45. The number of aliphatic carboxylic acids is 1. The monoisotopic (exact) mass is 170 g/mol. The number of hydrogen-bond donors (Lipinski definition) is 2. The highest BCUT2D eigenvalue weighted by Gasteiger charge is 2.36. The molecular formula is C8H14N2O2. The van der Waals surface area contributed by atoms with Crippen LogP contribution in [0.3, 0.4) is 0 Å². The number of carboxylic acid groups (broad SMARTS) is 1. The highest BCUT2D eigenvalue weighted by Crippen LogP contribution is 2.22. The third-order valence-electron chi connectivity index (χ3n) is 2.78. The van der Waals surface area contributed by atoms with Crippen LogP contribution in [0, 0.1) is 0 Å². The molecule has 0 aromatic carbocycles. The average Bonchev–Trinajstić information content (AvgIpc) is 2.60. The van der Waals surface area contributed by atoms with Gasteiger partial charge >= 0.3 is 5.97 Å². The fraction of sp³-hybridized carbons (Fsp3) is 0.875. The zero-order valence-electron chi connectivity index (χ0n) is 6.99. The van der Waals surface area contributed by atoms with E-state index >= 15 is 0 Å². The van der Waals surface area contributed by atoms with Gasteiger partial charge in [-0.15, -0.1) is 0 Å². The number of nitrogens with one attached hydrogen (secondary N) is 1. The van der Waals surface area contributed by atoms with Gasteiger partial charge in [-0.2, -0.15) is 0 Å². The molecule has 4 heteroatoms. The summed E-state index contributed by atoms with van der Waals surface area (Å²) in [5.74, 6) is -0.689. The number of hydrogen-bond acceptors (Lipinski definition) is 3. The van der Waals surface area contributed by atoms with Crippen LogP contribution in [-0.2, 0) is 4.79 Å². The maximum atomic E-state index is 10.3. The van der Waals surface area contributed by atoms with Crippen LogP contribution in [0.25, 0.3) is 0 Å². The molecule has 2 rings (SSSR count). The van der Waals surface area contributed by atoms with E-state index in [4.69, 9.17) is 5.11 Å². The third-order valence-corrected chi connectivity index (χ3v) is 2.78. The Bertz CT molecular complexity index is 195. The van der Waals surface area contributed by atoms with Crippen LogP contribution in [0.4, 0.5) is 0 Å². The lowest BCUT2D eigenvalue weighted by molar-refractivity contribution is -0.137. The molecule has 2 saturated heterocycles. The topological polar surface area (TPSA) is 52.6 Å². The second-order valence-corrected chi connectivity index (χ2v) is 3.63. The molecule has 2 atom stereocenters. The van der Waals surface area contributed by atoms with Crippen molar-refractivity contribution in [3.63, 3.8) is 0 Å². The van der Waals surface area contributed by atoms with E-state index in [0.717, 1.165) is 19.6 Å². The van der Waals surface area contributed by atoms with E-state index < -0.39 is 5.97 Å². The summed E-state index contributed by atoms with van der Waals surface area (Å²) in [4.78, 5) is 12.6. The maximum Gasteiger partial charge on any atom is 0.304 e. The fourth-order valence-corrected chi connectivity index (χ4v) is 2.16. The van der Waals surface area contributed by atoms with Crippen LogP contribution in [0.15, 0.2) is 0 Å². The Labute approximate surface area is 71.5 Å². The standard InChI is InChI=1S/C8H14N2O2/c11-8(12)1-2-10-5-6-3-7(10)4-9-6/h6-7,9H,1-5H2,(H,11,12). The highest BCUT2D eigenvalue weighted by molar-refractivity contribution is 5.66. The summed E-state index contributed by atoms with van der Waals surface area (Å²) in [6.45, 7) is 2.81. The van der Waals surface area contributed by atoms with Crippen molar-refractivity contribution in [3.8, 4) is 0 Å². The minimum atomic E-state index is -0.689. The SMILES string of the molecule is O=C(O)CCN1CC2CC1CN2. The van der Waals surface area contributed by atoms with E-state index in [-0.39, 0.29) is 6.42 Å². The van der Waals surface area contributed by atoms with Gasteiger partial charge in [-0.05, 0) is 6.42 Å². The molecule has 12 heavy (non-hydrogen) atoms. The summed E-state index contributed by atoms with van der Waals surface area (Å²) in [5, 5.41) is 11.9. The summed E-state index contributed by atoms with van der Waals surface area (Å²) in [5.41, 5.74) is 0. The molecule has 2 unspecified atom stereocenters. The van der Waals surface area contributed by atoms with Crippen LogP contribution >= 0.6 is 0 Å². The second-order valence-electron chi connectivity index (χ2n) is 3.63. The van der Waals surface area contributed by atoms with Gasteiger partial charge in [0.25, 0.3) is 0 Å². The summed E-state index contributed by atoms with van der Waals surface area (Å²) < 4.78 is 0. The van der Waals surface area contributed by atoms with E-state index in [1.807, 2.05) is 0 Å². The van der Waals surface area contributed by atoms with Crippen LogP contribution in [0.5, 0.6) is 0 Å². The van der Waals surface area contributed by atoms with Crippen molar-refractivity contribution >= 4 is 5.97 Å². The smallest absolute Gasteiger partial charge is 0.304 e. The first kappa shape index (κ1) is 8.01. The minimum Gasteiger partial charge on any atom is -0.481 e. The number of carboxylic acids is 1. The normalized spacial score (nSPS) is 34.3. The summed E-state index contributed by atoms with van der Waals surface area (Å²) in [7, 11) is 0. The van der Waals surface area contributed by atoms with E-state index in [1.54, 1.807) is 0 Å². The number of fused-ring (bicyclic) bond motifs is 2. The molecular weight excluding hydrogens is 156 g/mol. The number of likely N-dealkylation sites (tertiary alicyclic amines) is 1. The van der Waals surface area contributed by atoms with E-state index in [2.05, 4.69) is 10.2 Å². The number of carbonyl (C=O) groups is 1. The number of nitrogens with zero attached hydrogens (tertiary/aromatic N) is 1. The molecule has 0 amide bonds. The van der Waals surface area contributed by atoms with Crippen molar-refractivity contribution in [2.24, 2.45) is 0 Å². The largest absolute Gasteiger partial charge is 0.481 e. The van der Waals surface area contributed by atoms with Crippen molar-refractivity contribution in [2.75, 3.05) is 19.6 Å². The summed E-state index contributed by atoms with van der Waals surface area (Å²) in [6, 6.07) is 1.23. The van der Waals surface area contributed by atoms with Gasteiger partial charge in [0.1, 0.15) is 0 Å². The first-order valence-electron chi connectivity index (χ1n) is 4.45. The maximum absolute atomic E-state index is 10.3. The molecule has 0 radical (unpaired) electrons. The fourth-order valence-electron chi connectivity index (χ4n) is 2.16. The molecule has 2 aliphatic heterocycles. The van der Waals surface area contributed by atoms with Crippen LogP contribution in [-0.4, -0.2) is 47.7 Å². The van der Waals surface area contributed by atoms with Gasteiger partial charge in [-0.3, -0.25) is 9.69 Å². The van der Waals surface area contributed by atoms with Crippen molar-refractivity contribution in [1.82, 2.24) is 10.2 Å². The van der Waals surface area contributed by atoms with Gasteiger partial charge in [0.05, 0.1) is 6.42 Å². The Morgan fingerprint density at radius 3 is 3.00 bits per heavy atom. The van der Waals surface area contributed by atoms with Crippen molar-refractivity contribution in [3.05, 3.63) is 0 Å². The van der Waals surface area contributed by atoms with Crippen LogP contribution < -0.4 is 5.32 Å². The van der Waals surface area contributed by atoms with Crippen molar-refractivity contribution in [2.45, 2.75) is 24.9 Å². The van der Waals surface area contributed by atoms with Gasteiger partial charge in [0, 0.05) is 31.7 Å². The lowest BCUT2D eigenvalue weighted by Gasteiger charge is -2.26. The molecule has 2 fully saturated rings. The van der Waals surface area contributed by atoms with Gasteiger partial charge in [-0.1, -0.05) is 0 Å². The quantitative estimate of drug-likeness (QED) is 0.600. The van der Waals surface area contributed by atoms with Gasteiger partial charge in [-0.25, -0.2) is 0 Å². The molecule has 4 nitrogen and oxygen atoms in total. The Morgan fingerprint density at radius 1 is 1.67 bits per heavy atom. The van der Waals surface area contributed by atoms with E-state index in [1.165, 1.54) is 6.42 Å². The van der Waals surface area contributed by atoms with Gasteiger partial charge < -0.3 is 10.4 Å². The molecule has 0 saturated carbocycles. The average molecular weight is 170 g/mol. The number of rotatable bonds is 3. The molecule has 0 aromatic heterocycles. The zero-order chi connectivity index (χ0) is 8.55. The van der Waals surface area contributed by atoms with Gasteiger partial charge in [0.2, 0.25) is 0 Å². The lowest BCUT2D eigenvalue weighted by Crippen LogP contribution is -2.44. The van der Waals surface area contributed by atoms with Crippen LogP contribution in [0.2, 0.25) is 0 Å². The van der Waals surface area contributed by atoms with Crippen LogP contribution in [0.1, 0.15) is 12.8 Å². The minimum absolute atomic E-state index is 0.281. The lowest BCUT2D eigenvalue weighted by atomic mass is 10.2. The van der Waals surface area contributed by atoms with Crippen molar-refractivity contribution < 1.29 is 9.90 Å². The molecule has 2 aliphatic rings. The predicted octanol–water partition coefficient (Wildman–Crippen LogP) is -0.493. The zero-order valence-corrected chi connectivity index (χ0v) is 6.99. The molecule has 0 aliphatic carbocycles. The Balaban J connectivity index is 1.79. The molecule has 2 bridgehead atoms. The summed E-state index contributed by atoms with van der Waals surface area (Å²) in [6.07, 6.45) is 1.49. The Morgan fingerprint density at radius 2 is 2.50 bits per heavy atom. The Kier molecular flexibility index (Phi) is 2.02. The number of piperazine rings is 1. The predicted molar refractivity (Wildman–Crippen MR) is 44.0 cm³/mol. The molecule has 0 aromatic rings. The second kappa shape index (κ2) is 3.03. The third kappa shape index (κ3) is 1.44.